The van der Waals surface area contributed by atoms with Crippen LogP contribution in [0.5, 0.6) is 17.2 Å². The van der Waals surface area contributed by atoms with Crippen LogP contribution in [0.1, 0.15) is 17.3 Å². The van der Waals surface area contributed by atoms with Crippen LogP contribution >= 0.6 is 8.58 Å². The van der Waals surface area contributed by atoms with Crippen molar-refractivity contribution in [3.05, 3.63) is 17.7 Å². The summed E-state index contributed by atoms with van der Waals surface area (Å²) in [6.45, 7) is 1.97. The van der Waals surface area contributed by atoms with Gasteiger partial charge < -0.3 is 14.2 Å². The first-order valence-electron chi connectivity index (χ1n) is 5.26. The Bertz CT molecular complexity index is 404. The van der Waals surface area contributed by atoms with E-state index in [-0.39, 0.29) is 14.1 Å². The van der Waals surface area contributed by atoms with Gasteiger partial charge in [-0.05, 0) is 26.9 Å². The lowest BCUT2D eigenvalue weighted by Gasteiger charge is -2.14. The van der Waals surface area contributed by atoms with Gasteiger partial charge in [0.1, 0.15) is 11.3 Å². The summed E-state index contributed by atoms with van der Waals surface area (Å²) in [7, 11) is 4.80. The third kappa shape index (κ3) is 2.89. The molecule has 4 nitrogen and oxygen atoms in total. The van der Waals surface area contributed by atoms with Crippen molar-refractivity contribution in [2.24, 2.45) is 0 Å². The smallest absolute Gasteiger partial charge is 0.188 e. The monoisotopic (exact) mass is 256 g/mol. The van der Waals surface area contributed by atoms with Gasteiger partial charge in [0.2, 0.25) is 0 Å². The second-order valence-corrected chi connectivity index (χ2v) is 4.75. The van der Waals surface area contributed by atoms with Gasteiger partial charge >= 0.3 is 0 Å². The molecule has 0 aliphatic carbocycles. The molecule has 0 aliphatic rings. The molecule has 94 valence electrons. The first-order valence-corrected chi connectivity index (χ1v) is 6.47. The van der Waals surface area contributed by atoms with Crippen LogP contribution in [0.2, 0.25) is 0 Å². The summed E-state index contributed by atoms with van der Waals surface area (Å²) < 4.78 is 15.6. The van der Waals surface area contributed by atoms with E-state index < -0.39 is 0 Å². The predicted molar refractivity (Wildman–Crippen MR) is 69.3 cm³/mol. The molecular formula is C12H17O4P. The molecule has 1 aromatic carbocycles. The van der Waals surface area contributed by atoms with E-state index in [0.717, 1.165) is 6.16 Å². The Morgan fingerprint density at radius 3 is 2.18 bits per heavy atom. The second-order valence-electron chi connectivity index (χ2n) is 3.24. The van der Waals surface area contributed by atoms with Crippen molar-refractivity contribution in [2.45, 2.75) is 6.92 Å². The number of hydrogen-bond acceptors (Lipinski definition) is 4. The average molecular weight is 256 g/mol. The lowest BCUT2D eigenvalue weighted by molar-refractivity contribution is 0.107. The van der Waals surface area contributed by atoms with E-state index >= 15 is 0 Å². The largest absolute Gasteiger partial charge is 0.496 e. The Balaban J connectivity index is 3.34. The lowest BCUT2D eigenvalue weighted by Crippen LogP contribution is -2.03. The van der Waals surface area contributed by atoms with Crippen LogP contribution in [0.25, 0.3) is 0 Å². The molecule has 0 spiro atoms. The van der Waals surface area contributed by atoms with Gasteiger partial charge in [0, 0.05) is 0 Å². The topological polar surface area (TPSA) is 44.8 Å². The zero-order chi connectivity index (χ0) is 12.8. The van der Waals surface area contributed by atoms with Crippen LogP contribution in [0.15, 0.2) is 12.1 Å². The fraction of sp³-hybridized carbons (Fsp3) is 0.417. The summed E-state index contributed by atoms with van der Waals surface area (Å²) in [6.07, 6.45) is 0.808. The molecule has 1 unspecified atom stereocenters. The van der Waals surface area contributed by atoms with Gasteiger partial charge in [-0.15, -0.1) is 0 Å². The molecule has 0 saturated carbocycles. The number of hydrogen-bond donors (Lipinski definition) is 0. The molecule has 1 atom stereocenters. The van der Waals surface area contributed by atoms with Crippen LogP contribution in [-0.2, 0) is 0 Å². The molecule has 1 rings (SSSR count). The van der Waals surface area contributed by atoms with Gasteiger partial charge in [-0.25, -0.2) is 0 Å². The summed E-state index contributed by atoms with van der Waals surface area (Å²) in [5.74, 6) is 1.50. The molecule has 0 aromatic heterocycles. The second kappa shape index (κ2) is 6.45. The van der Waals surface area contributed by atoms with E-state index in [1.54, 1.807) is 19.2 Å². The number of rotatable bonds is 6. The molecular weight excluding hydrogens is 239 g/mol. The fourth-order valence-electron chi connectivity index (χ4n) is 1.54. The van der Waals surface area contributed by atoms with Gasteiger partial charge in [0.05, 0.1) is 21.3 Å². The van der Waals surface area contributed by atoms with Crippen LogP contribution in [-0.4, -0.2) is 33.0 Å². The van der Waals surface area contributed by atoms with Crippen molar-refractivity contribution in [2.75, 3.05) is 27.5 Å². The molecule has 5 heteroatoms. The average Bonchev–Trinajstić information content (AvgIpc) is 2.36. The maximum atomic E-state index is 12.1. The Labute approximate surface area is 103 Å². The molecule has 1 aromatic rings. The van der Waals surface area contributed by atoms with E-state index in [1.165, 1.54) is 14.2 Å². The van der Waals surface area contributed by atoms with E-state index in [2.05, 4.69) is 0 Å². The maximum Gasteiger partial charge on any atom is 0.188 e. The minimum atomic E-state index is 0.0279. The van der Waals surface area contributed by atoms with E-state index in [0.29, 0.717) is 22.8 Å². The van der Waals surface area contributed by atoms with Gasteiger partial charge in [-0.3, -0.25) is 4.79 Å². The fourth-order valence-corrected chi connectivity index (χ4v) is 2.28. The third-order valence-corrected chi connectivity index (χ3v) is 3.22. The molecule has 0 heterocycles. The van der Waals surface area contributed by atoms with Crippen molar-refractivity contribution < 1.29 is 19.0 Å². The molecule has 0 amide bonds. The van der Waals surface area contributed by atoms with Crippen molar-refractivity contribution in [1.29, 1.82) is 0 Å². The quantitative estimate of drug-likeness (QED) is 0.734. The predicted octanol–water partition coefficient (Wildman–Crippen LogP) is 2.55. The standard InChI is InChI=1S/C12H17O4P/c1-5-17-12(13)10-8(14-2)6-7-9(15-3)11(10)16-4/h6-7,17H,5H2,1-4H3. The normalized spacial score (nSPS) is 10.6. The first kappa shape index (κ1) is 13.8. The van der Waals surface area contributed by atoms with E-state index in [9.17, 15) is 4.79 Å². The van der Waals surface area contributed by atoms with Gasteiger partial charge in [0.15, 0.2) is 17.0 Å². The minimum absolute atomic E-state index is 0.0279. The van der Waals surface area contributed by atoms with Crippen molar-refractivity contribution in [1.82, 2.24) is 0 Å². The maximum absolute atomic E-state index is 12.1. The lowest BCUT2D eigenvalue weighted by atomic mass is 10.1. The molecule has 0 aliphatic heterocycles. The van der Waals surface area contributed by atoms with E-state index in [4.69, 9.17) is 14.2 Å². The zero-order valence-electron chi connectivity index (χ0n) is 10.5. The Morgan fingerprint density at radius 1 is 1.12 bits per heavy atom. The molecule has 0 N–H and O–H groups in total. The summed E-state index contributed by atoms with van der Waals surface area (Å²) in [4.78, 5) is 12.1. The van der Waals surface area contributed by atoms with Gasteiger partial charge in [0.25, 0.3) is 0 Å². The SMILES string of the molecule is CCPC(=O)c1c(OC)ccc(OC)c1OC. The molecule has 17 heavy (non-hydrogen) atoms. The molecule has 0 bridgehead atoms. The van der Waals surface area contributed by atoms with Crippen LogP contribution in [0.3, 0.4) is 0 Å². The van der Waals surface area contributed by atoms with Gasteiger partial charge in [-0.1, -0.05) is 6.92 Å². The number of carbonyl (C=O) groups is 1. The highest BCUT2D eigenvalue weighted by molar-refractivity contribution is 7.58. The molecule has 0 radical (unpaired) electrons. The number of carbonyl (C=O) groups excluding carboxylic acids is 1. The van der Waals surface area contributed by atoms with Crippen molar-refractivity contribution in [3.63, 3.8) is 0 Å². The zero-order valence-corrected chi connectivity index (χ0v) is 11.5. The van der Waals surface area contributed by atoms with Gasteiger partial charge in [-0.2, -0.15) is 0 Å². The summed E-state index contributed by atoms with van der Waals surface area (Å²) >= 11 is 0. The highest BCUT2D eigenvalue weighted by Gasteiger charge is 2.21. The third-order valence-electron chi connectivity index (χ3n) is 2.29. The summed E-state index contributed by atoms with van der Waals surface area (Å²) in [5.41, 5.74) is 0.495. The summed E-state index contributed by atoms with van der Waals surface area (Å²) in [6, 6.07) is 3.44. The van der Waals surface area contributed by atoms with E-state index in [1.807, 2.05) is 6.92 Å². The van der Waals surface area contributed by atoms with Crippen molar-refractivity contribution in [3.8, 4) is 17.2 Å². The number of benzene rings is 1. The van der Waals surface area contributed by atoms with Crippen LogP contribution in [0.4, 0.5) is 0 Å². The highest BCUT2D eigenvalue weighted by atomic mass is 31.1. The minimum Gasteiger partial charge on any atom is -0.496 e. The number of ether oxygens (including phenoxy) is 3. The Morgan fingerprint density at radius 2 is 1.71 bits per heavy atom. The first-order chi connectivity index (χ1) is 8.19. The Hall–Kier alpha value is -1.28. The molecule has 0 saturated heterocycles. The summed E-state index contributed by atoms with van der Waals surface area (Å²) in [5, 5.41) is 0. The highest BCUT2D eigenvalue weighted by Crippen LogP contribution is 2.40. The number of methoxy groups -OCH3 is 3. The van der Waals surface area contributed by atoms with Crippen molar-refractivity contribution >= 4 is 14.1 Å². The van der Waals surface area contributed by atoms with Crippen LogP contribution < -0.4 is 14.2 Å². The van der Waals surface area contributed by atoms with Crippen LogP contribution in [0, 0.1) is 0 Å². The molecule has 0 fully saturated rings. The Kier molecular flexibility index (Phi) is 5.23.